The quantitative estimate of drug-likeness (QED) is 0.210. The first-order valence-electron chi connectivity index (χ1n) is 36.0. The maximum atomic E-state index is 15.6. The first kappa shape index (κ1) is 81.7. The van der Waals surface area contributed by atoms with Gasteiger partial charge in [0.05, 0.1) is 23.6 Å². The first-order chi connectivity index (χ1) is 48.0. The van der Waals surface area contributed by atoms with E-state index < -0.39 is 172 Å². The highest BCUT2D eigenvalue weighted by Gasteiger charge is 2.52. The van der Waals surface area contributed by atoms with E-state index >= 15 is 28.8 Å². The van der Waals surface area contributed by atoms with Crippen molar-refractivity contribution in [3.05, 3.63) is 69.2 Å². The molecule has 0 unspecified atom stereocenters. The Balaban J connectivity index is 1.30. The van der Waals surface area contributed by atoms with Gasteiger partial charge in [-0.25, -0.2) is 0 Å². The van der Waals surface area contributed by atoms with Crippen LogP contribution in [0.2, 0.25) is 10.0 Å². The molecule has 0 radical (unpaired) electrons. The van der Waals surface area contributed by atoms with Crippen LogP contribution in [0, 0.1) is 17.8 Å². The number of amides is 12. The molecule has 3 N–H and O–H groups in total. The Labute approximate surface area is 607 Å². The number of hydrogen-bond donors (Lipinski definition) is 3. The average molecular weight is 1470 g/mol. The number of likely N-dealkylation sites (N-methyl/N-ethyl adjacent to an activating group) is 6. The highest BCUT2D eigenvalue weighted by atomic mass is 35.5. The Hall–Kier alpha value is -7.55. The summed E-state index contributed by atoms with van der Waals surface area (Å²) < 4.78 is 41.7. The summed E-state index contributed by atoms with van der Waals surface area (Å²) >= 11 is 12.4. The second kappa shape index (κ2) is 35.3. The van der Waals surface area contributed by atoms with Crippen LogP contribution in [0.1, 0.15) is 161 Å². The molecule has 0 aromatic heterocycles. The molecule has 29 heteroatoms. The summed E-state index contributed by atoms with van der Waals surface area (Å²) in [4.78, 5) is 192. The van der Waals surface area contributed by atoms with E-state index in [0.29, 0.717) is 68.6 Å². The number of carbonyl (C=O) groups is 12. The van der Waals surface area contributed by atoms with Gasteiger partial charge in [-0.2, -0.15) is 13.2 Å². The van der Waals surface area contributed by atoms with Crippen molar-refractivity contribution in [3.8, 4) is 0 Å². The lowest BCUT2D eigenvalue weighted by Crippen LogP contribution is -2.65. The number of rotatable bonds is 12. The number of hydrogen-bond acceptors (Lipinski definition) is 12. The van der Waals surface area contributed by atoms with Crippen LogP contribution >= 0.6 is 23.2 Å². The molecule has 12 amide bonds. The van der Waals surface area contributed by atoms with Crippen molar-refractivity contribution in [2.75, 3.05) is 75.0 Å². The molecule has 1 saturated carbocycles. The maximum absolute atomic E-state index is 15.6. The molecule has 2 aromatic carbocycles. The summed E-state index contributed by atoms with van der Waals surface area (Å²) in [6.45, 7) is 12.6. The van der Waals surface area contributed by atoms with E-state index in [2.05, 4.69) is 16.0 Å². The third-order valence-corrected chi connectivity index (χ3v) is 22.3. The van der Waals surface area contributed by atoms with Gasteiger partial charge < -0.3 is 60.0 Å². The number of aryl methyl sites for hydroxylation is 1. The third kappa shape index (κ3) is 19.1. The molecule has 24 nitrogen and oxygen atoms in total. The van der Waals surface area contributed by atoms with Gasteiger partial charge in [-0.1, -0.05) is 109 Å². The van der Waals surface area contributed by atoms with Gasteiger partial charge in [-0.15, -0.1) is 0 Å². The number of nitrogens with one attached hydrogen (secondary N) is 3. The van der Waals surface area contributed by atoms with E-state index in [1.807, 2.05) is 27.7 Å². The molecule has 102 heavy (non-hydrogen) atoms. The van der Waals surface area contributed by atoms with Crippen LogP contribution in [0.3, 0.4) is 0 Å². The second-order valence-corrected chi connectivity index (χ2v) is 30.1. The van der Waals surface area contributed by atoms with Crippen molar-refractivity contribution >= 4 is 94.1 Å². The fourth-order valence-electron chi connectivity index (χ4n) is 14.7. The molecule has 0 bridgehead atoms. The predicted molar refractivity (Wildman–Crippen MR) is 378 cm³/mol. The molecular weight excluding hydrogens is 1360 g/mol. The predicted octanol–water partition coefficient (Wildman–Crippen LogP) is 6.35. The summed E-state index contributed by atoms with van der Waals surface area (Å²) in [5.41, 5.74) is -1.84. The molecule has 7 rings (SSSR count). The Morgan fingerprint density at radius 3 is 1.81 bits per heavy atom. The number of likely N-dealkylation sites (tertiary alicyclic amines) is 1. The van der Waals surface area contributed by atoms with Gasteiger partial charge in [0.2, 0.25) is 70.9 Å². The molecule has 564 valence electrons. The van der Waals surface area contributed by atoms with E-state index in [0.717, 1.165) is 23.5 Å². The summed E-state index contributed by atoms with van der Waals surface area (Å²) in [6, 6.07) is -1.81. The van der Waals surface area contributed by atoms with Gasteiger partial charge in [0.1, 0.15) is 59.9 Å². The van der Waals surface area contributed by atoms with Crippen LogP contribution in [0.15, 0.2) is 42.5 Å². The number of carbonyl (C=O) groups excluding carboxylic acids is 12. The molecule has 1 aliphatic carbocycles. The Kier molecular flexibility index (Phi) is 28.3. The minimum Gasteiger partial charge on any atom is -0.343 e. The lowest BCUT2D eigenvalue weighted by Gasteiger charge is -2.45. The van der Waals surface area contributed by atoms with Crippen molar-refractivity contribution in [1.29, 1.82) is 0 Å². The fourth-order valence-corrected chi connectivity index (χ4v) is 15.1. The third-order valence-electron chi connectivity index (χ3n) is 21.8. The molecular formula is C73H105Cl2F3N12O12. The van der Waals surface area contributed by atoms with Gasteiger partial charge in [0.15, 0.2) is 0 Å². The van der Waals surface area contributed by atoms with Crippen LogP contribution in [0.4, 0.5) is 13.2 Å². The molecule has 5 fully saturated rings. The lowest BCUT2D eigenvalue weighted by atomic mass is 9.90. The highest BCUT2D eigenvalue weighted by molar-refractivity contribution is 6.31. The Morgan fingerprint density at radius 1 is 0.618 bits per heavy atom. The number of piperidine rings is 1. The standard InChI is InChI=1S/C73H105Cl2F3N12O12/c1-14-44(5)60-69(100)83(9)46(7)64(95)90-37-31-54(90)67(98)85(11)56(40-48-23-27-49(74)28-24-48)66(97)82(8)42-58(91)79-52(30-26-47-25-29-50(51(75)39-47)73(76,77)78)65(96)89-36-21-22-53(89)63(94)81-72(32-17-18-33-72)71(102)87(13)61(45(6)15-2)70(101)86(12)57(68(99)88-34-19-16-20-35-88)41-59(92)84(10)55(38-43(3)4)62(93)80-60/h23-25,27-29,39,43-46,52-57,60-61H,14-22,26,30-38,40-42H2,1-13H3,(H,79,91)(H,80,93)(H,81,94)/t44-,45-,46-,52-,53-,54-,55-,56-,57-,60-,61-/m0/s1. The van der Waals surface area contributed by atoms with Crippen LogP contribution in [0.5, 0.6) is 0 Å². The van der Waals surface area contributed by atoms with Crippen LogP contribution in [-0.4, -0.2) is 250 Å². The second-order valence-electron chi connectivity index (χ2n) is 29.2. The van der Waals surface area contributed by atoms with E-state index in [1.54, 1.807) is 43.0 Å². The van der Waals surface area contributed by atoms with E-state index in [1.165, 1.54) is 89.6 Å². The zero-order valence-corrected chi connectivity index (χ0v) is 62.9. The average Bonchev–Trinajstić information content (AvgIpc) is 1.39. The number of alkyl halides is 3. The normalized spacial score (nSPS) is 26.6. The number of halogens is 5. The topological polar surface area (TPSA) is 270 Å². The maximum Gasteiger partial charge on any atom is 0.417 e. The zero-order valence-electron chi connectivity index (χ0n) is 61.3. The van der Waals surface area contributed by atoms with Crippen molar-refractivity contribution in [2.24, 2.45) is 17.8 Å². The summed E-state index contributed by atoms with van der Waals surface area (Å²) in [6.07, 6.45) is -0.855. The monoisotopic (exact) mass is 1470 g/mol. The van der Waals surface area contributed by atoms with Crippen molar-refractivity contribution in [2.45, 2.75) is 224 Å². The first-order valence-corrected chi connectivity index (χ1v) is 36.7. The van der Waals surface area contributed by atoms with Gasteiger partial charge in [-0.05, 0) is 131 Å². The molecule has 4 saturated heterocycles. The molecule has 11 atom stereocenters. The smallest absolute Gasteiger partial charge is 0.343 e. The van der Waals surface area contributed by atoms with E-state index in [-0.39, 0.29) is 75.9 Å². The number of fused-ring (bicyclic) bond motifs is 2. The van der Waals surface area contributed by atoms with Gasteiger partial charge in [0.25, 0.3) is 0 Å². The van der Waals surface area contributed by atoms with Gasteiger partial charge >= 0.3 is 6.18 Å². The van der Waals surface area contributed by atoms with E-state index in [9.17, 15) is 41.9 Å². The minimum atomic E-state index is -4.78. The molecule has 2 aromatic rings. The Morgan fingerprint density at radius 2 is 1.24 bits per heavy atom. The molecule has 4 aliphatic heterocycles. The molecule has 4 heterocycles. The fraction of sp³-hybridized carbons (Fsp3) is 0.671. The number of nitrogens with zero attached hydrogens (tertiary/aromatic N) is 9. The summed E-state index contributed by atoms with van der Waals surface area (Å²) in [5.74, 6) is -9.33. The van der Waals surface area contributed by atoms with Crippen molar-refractivity contribution in [3.63, 3.8) is 0 Å². The van der Waals surface area contributed by atoms with Crippen LogP contribution < -0.4 is 16.0 Å². The van der Waals surface area contributed by atoms with Crippen LogP contribution in [-0.2, 0) is 76.6 Å². The largest absolute Gasteiger partial charge is 0.417 e. The van der Waals surface area contributed by atoms with Gasteiger partial charge in [-0.3, -0.25) is 57.5 Å². The van der Waals surface area contributed by atoms with Crippen molar-refractivity contribution < 1.29 is 70.7 Å². The SMILES string of the molecule is CC[C@H](C)[C@@H]1NC(=O)[C@H](CC(C)C)N(C)C(=O)C[C@@H](C(=O)N2CCCCC2)N(C)C(=O)[C@H]([C@@H](C)CC)N(C)C(=O)C2(CCCC2)NC(=O)[C@@H]2CCCN2C(=O)[C@H](CCc2ccc(C(F)(F)F)c(Cl)c2)NC(=O)CN(C)C(=O)[C@H](Cc2ccc(Cl)cc2)N(C)C(=O)[C@@H]2CCN2C(=O)[C@H](C)N(C)C1=O. The number of benzene rings is 2. The zero-order chi connectivity index (χ0) is 75.6. The van der Waals surface area contributed by atoms with Gasteiger partial charge in [0, 0.05) is 79.9 Å². The molecule has 1 spiro atoms. The lowest BCUT2D eigenvalue weighted by molar-refractivity contribution is -0.160. The minimum absolute atomic E-state index is 0.00987. The van der Waals surface area contributed by atoms with Crippen molar-refractivity contribution in [1.82, 2.24) is 60.0 Å². The Bertz CT molecular complexity index is 3410. The summed E-state index contributed by atoms with van der Waals surface area (Å²) in [7, 11) is 8.43. The molecule has 5 aliphatic rings. The summed E-state index contributed by atoms with van der Waals surface area (Å²) in [5, 5.41) is 8.49. The van der Waals surface area contributed by atoms with Crippen LogP contribution in [0.25, 0.3) is 0 Å². The van der Waals surface area contributed by atoms with E-state index in [4.69, 9.17) is 23.2 Å². The highest BCUT2D eigenvalue weighted by Crippen LogP contribution is 2.37.